The highest BCUT2D eigenvalue weighted by Gasteiger charge is 2.18. The molecule has 1 unspecified atom stereocenters. The van der Waals surface area contributed by atoms with Crippen molar-refractivity contribution in [1.29, 1.82) is 0 Å². The number of carbonyl (C=O) groups excluding carboxylic acids is 3. The molecule has 210 valence electrons. The van der Waals surface area contributed by atoms with Crippen molar-refractivity contribution >= 4 is 68.5 Å². The predicted molar refractivity (Wildman–Crippen MR) is 172 cm³/mol. The topological polar surface area (TPSA) is 100 Å². The number of rotatable bonds is 9. The Morgan fingerprint density at radius 3 is 2.40 bits per heavy atom. The first-order chi connectivity index (χ1) is 20.4. The number of hydrogen-bond acceptors (Lipinski definition) is 6. The minimum absolute atomic E-state index is 0.102. The monoisotopic (exact) mass is 592 g/mol. The van der Waals surface area contributed by atoms with Gasteiger partial charge >= 0.3 is 0 Å². The molecule has 4 aromatic carbocycles. The third kappa shape index (κ3) is 7.31. The van der Waals surface area contributed by atoms with Gasteiger partial charge in [-0.05, 0) is 66.6 Å². The summed E-state index contributed by atoms with van der Waals surface area (Å²) in [4.78, 5) is 44.4. The van der Waals surface area contributed by atoms with E-state index >= 15 is 0 Å². The van der Waals surface area contributed by atoms with Crippen LogP contribution in [0, 0.1) is 6.92 Å². The van der Waals surface area contributed by atoms with Gasteiger partial charge in [0.1, 0.15) is 5.70 Å². The van der Waals surface area contributed by atoms with Gasteiger partial charge < -0.3 is 16.0 Å². The first-order valence-electron chi connectivity index (χ1n) is 13.2. The van der Waals surface area contributed by atoms with E-state index in [-0.39, 0.29) is 11.6 Å². The van der Waals surface area contributed by atoms with Crippen LogP contribution >= 0.6 is 23.1 Å². The Hall–Kier alpha value is -4.73. The molecule has 1 atom stereocenters. The average Bonchev–Trinajstić information content (AvgIpc) is 3.41. The molecule has 9 heteroatoms. The smallest absolute Gasteiger partial charge is 0.272 e. The zero-order chi connectivity index (χ0) is 29.5. The Labute approximate surface area is 252 Å². The summed E-state index contributed by atoms with van der Waals surface area (Å²) >= 11 is 2.75. The number of anilines is 2. The molecule has 1 aromatic heterocycles. The lowest BCUT2D eigenvalue weighted by molar-refractivity contribution is -0.115. The Bertz CT molecular complexity index is 1780. The van der Waals surface area contributed by atoms with E-state index in [4.69, 9.17) is 0 Å². The number of benzene rings is 4. The van der Waals surface area contributed by atoms with Gasteiger partial charge in [-0.2, -0.15) is 0 Å². The van der Waals surface area contributed by atoms with E-state index in [1.807, 2.05) is 79.9 Å². The zero-order valence-corrected chi connectivity index (χ0v) is 24.6. The largest absolute Gasteiger partial charge is 0.321 e. The fourth-order valence-electron chi connectivity index (χ4n) is 4.20. The molecule has 7 nitrogen and oxygen atoms in total. The lowest BCUT2D eigenvalue weighted by atomic mass is 10.0. The molecule has 0 saturated carbocycles. The number of thiazole rings is 1. The van der Waals surface area contributed by atoms with E-state index in [0.717, 1.165) is 26.9 Å². The molecular formula is C33H28N4O3S2. The summed E-state index contributed by atoms with van der Waals surface area (Å²) in [6.45, 7) is 3.69. The summed E-state index contributed by atoms with van der Waals surface area (Å²) < 4.78 is 0. The molecule has 3 amide bonds. The number of carbonyl (C=O) groups is 3. The van der Waals surface area contributed by atoms with Crippen molar-refractivity contribution in [3.8, 4) is 0 Å². The molecule has 0 aliphatic heterocycles. The van der Waals surface area contributed by atoms with Crippen LogP contribution in [-0.2, 0) is 9.59 Å². The molecule has 0 bridgehead atoms. The van der Waals surface area contributed by atoms with Crippen molar-refractivity contribution in [2.45, 2.75) is 24.0 Å². The fraction of sp³-hybridized carbons (Fsp3) is 0.0909. The van der Waals surface area contributed by atoms with Crippen molar-refractivity contribution in [1.82, 2.24) is 10.3 Å². The Balaban J connectivity index is 1.36. The van der Waals surface area contributed by atoms with Gasteiger partial charge in [-0.25, -0.2) is 4.98 Å². The van der Waals surface area contributed by atoms with Gasteiger partial charge in [0.2, 0.25) is 5.91 Å². The summed E-state index contributed by atoms with van der Waals surface area (Å²) in [6.07, 6.45) is 1.68. The lowest BCUT2D eigenvalue weighted by Crippen LogP contribution is -2.30. The number of amides is 3. The molecule has 42 heavy (non-hydrogen) atoms. The molecule has 0 saturated heterocycles. The molecule has 5 aromatic rings. The third-order valence-electron chi connectivity index (χ3n) is 6.28. The van der Waals surface area contributed by atoms with Crippen LogP contribution in [0.4, 0.5) is 10.8 Å². The minimum atomic E-state index is -0.473. The quantitative estimate of drug-likeness (QED) is 0.125. The van der Waals surface area contributed by atoms with Crippen LogP contribution < -0.4 is 16.0 Å². The van der Waals surface area contributed by atoms with Gasteiger partial charge in [-0.15, -0.1) is 23.1 Å². The van der Waals surface area contributed by atoms with E-state index in [0.29, 0.717) is 16.4 Å². The van der Waals surface area contributed by atoms with Gasteiger partial charge in [0, 0.05) is 21.5 Å². The number of nitrogens with zero attached hydrogens (tertiary/aromatic N) is 1. The summed E-state index contributed by atoms with van der Waals surface area (Å²) in [6, 6.07) is 29.7. The van der Waals surface area contributed by atoms with Gasteiger partial charge in [-0.1, -0.05) is 66.7 Å². The molecule has 0 fully saturated rings. The number of thioether (sulfide) groups is 1. The summed E-state index contributed by atoms with van der Waals surface area (Å²) in [7, 11) is 0. The number of fused-ring (bicyclic) bond motifs is 1. The van der Waals surface area contributed by atoms with E-state index < -0.39 is 17.1 Å². The van der Waals surface area contributed by atoms with Crippen molar-refractivity contribution < 1.29 is 14.4 Å². The zero-order valence-electron chi connectivity index (χ0n) is 23.0. The first-order valence-corrected chi connectivity index (χ1v) is 15.0. The van der Waals surface area contributed by atoms with Crippen molar-refractivity contribution in [2.75, 3.05) is 10.6 Å². The molecule has 3 N–H and O–H groups in total. The second-order valence-corrected chi connectivity index (χ2v) is 11.7. The van der Waals surface area contributed by atoms with Crippen molar-refractivity contribution in [3.63, 3.8) is 0 Å². The maximum Gasteiger partial charge on any atom is 0.272 e. The summed E-state index contributed by atoms with van der Waals surface area (Å²) in [5, 5.41) is 12.6. The highest BCUT2D eigenvalue weighted by atomic mass is 32.2. The van der Waals surface area contributed by atoms with Crippen LogP contribution in [-0.4, -0.2) is 28.0 Å². The summed E-state index contributed by atoms with van der Waals surface area (Å²) in [5.74, 6) is -1.02. The van der Waals surface area contributed by atoms with Crippen molar-refractivity contribution in [2.24, 2.45) is 0 Å². The highest BCUT2D eigenvalue weighted by Crippen LogP contribution is 2.28. The Kier molecular flexibility index (Phi) is 9.11. The van der Waals surface area contributed by atoms with Crippen LogP contribution in [0.3, 0.4) is 0 Å². The molecule has 1 heterocycles. The van der Waals surface area contributed by atoms with Crippen LogP contribution in [0.25, 0.3) is 16.8 Å². The summed E-state index contributed by atoms with van der Waals surface area (Å²) in [5.41, 5.74) is 2.72. The van der Waals surface area contributed by atoms with Crippen LogP contribution in [0.1, 0.15) is 28.5 Å². The molecular weight excluding hydrogens is 565 g/mol. The predicted octanol–water partition coefficient (Wildman–Crippen LogP) is 7.13. The van der Waals surface area contributed by atoms with E-state index in [9.17, 15) is 14.4 Å². The number of hydrogen-bond donors (Lipinski definition) is 3. The van der Waals surface area contributed by atoms with Crippen LogP contribution in [0.15, 0.2) is 113 Å². The van der Waals surface area contributed by atoms with Gasteiger partial charge in [0.05, 0.1) is 10.9 Å². The van der Waals surface area contributed by atoms with Gasteiger partial charge in [-0.3, -0.25) is 14.4 Å². The van der Waals surface area contributed by atoms with Crippen LogP contribution in [0.5, 0.6) is 0 Å². The average molecular weight is 593 g/mol. The normalized spacial score (nSPS) is 12.0. The molecule has 0 radical (unpaired) electrons. The highest BCUT2D eigenvalue weighted by molar-refractivity contribution is 8.00. The van der Waals surface area contributed by atoms with E-state index in [2.05, 4.69) is 20.9 Å². The SMILES string of the molecule is Cc1csc(NC(=O)C(C)Sc2cccc(NC(=O)/C(=C\c3cccc4ccccc34)NC(=O)c3ccccc3)c2)n1. The maximum absolute atomic E-state index is 13.6. The maximum atomic E-state index is 13.6. The standard InChI is InChI=1S/C33H28N4O3S2/c1-21-20-41-33(34-21)37-30(38)22(2)42-27-16-9-15-26(19-27)35-32(40)29(36-31(39)24-11-4-3-5-12-24)18-25-14-8-13-23-10-6-7-17-28(23)25/h3-20,22H,1-2H3,(H,35,40)(H,36,39)(H,34,37,38)/b29-18+. The number of aromatic nitrogens is 1. The Morgan fingerprint density at radius 2 is 1.62 bits per heavy atom. The van der Waals surface area contributed by atoms with E-state index in [1.54, 1.807) is 42.5 Å². The number of aryl methyl sites for hydroxylation is 1. The lowest BCUT2D eigenvalue weighted by Gasteiger charge is -2.14. The molecule has 0 spiro atoms. The molecule has 5 rings (SSSR count). The second kappa shape index (κ2) is 13.3. The van der Waals surface area contributed by atoms with E-state index in [1.165, 1.54) is 23.1 Å². The third-order valence-corrected chi connectivity index (χ3v) is 8.24. The number of nitrogens with one attached hydrogen (secondary N) is 3. The van der Waals surface area contributed by atoms with Gasteiger partial charge in [0.25, 0.3) is 11.8 Å². The van der Waals surface area contributed by atoms with Crippen LogP contribution in [0.2, 0.25) is 0 Å². The Morgan fingerprint density at radius 1 is 0.881 bits per heavy atom. The fourth-order valence-corrected chi connectivity index (χ4v) is 5.81. The van der Waals surface area contributed by atoms with Gasteiger partial charge in [0.15, 0.2) is 5.13 Å². The second-order valence-electron chi connectivity index (χ2n) is 9.47. The first kappa shape index (κ1) is 28.8. The molecule has 0 aliphatic carbocycles. The minimum Gasteiger partial charge on any atom is -0.321 e. The van der Waals surface area contributed by atoms with Crippen molar-refractivity contribution in [3.05, 3.63) is 125 Å². The molecule has 0 aliphatic rings.